The maximum atomic E-state index is 12.6. The van der Waals surface area contributed by atoms with E-state index in [1.165, 1.54) is 23.6 Å². The molecule has 0 heterocycles. The third-order valence-electron chi connectivity index (χ3n) is 4.84. The summed E-state index contributed by atoms with van der Waals surface area (Å²) in [5.41, 5.74) is 0. The molecule has 21 heavy (non-hydrogen) atoms. The van der Waals surface area contributed by atoms with Gasteiger partial charge in [0.25, 0.3) is 10.2 Å². The van der Waals surface area contributed by atoms with E-state index in [1.54, 1.807) is 18.4 Å². The number of rotatable bonds is 8. The van der Waals surface area contributed by atoms with E-state index in [9.17, 15) is 8.42 Å². The lowest BCUT2D eigenvalue weighted by Gasteiger charge is -2.35. The maximum absolute atomic E-state index is 12.6. The van der Waals surface area contributed by atoms with Crippen molar-refractivity contribution in [2.45, 2.75) is 64.0 Å². The van der Waals surface area contributed by atoms with Gasteiger partial charge in [0.15, 0.2) is 0 Å². The van der Waals surface area contributed by atoms with Crippen molar-refractivity contribution in [3.05, 3.63) is 0 Å². The summed E-state index contributed by atoms with van der Waals surface area (Å²) < 4.78 is 28.3. The quantitative estimate of drug-likeness (QED) is 0.695. The summed E-state index contributed by atoms with van der Waals surface area (Å²) >= 11 is 0. The Balaban J connectivity index is 1.79. The van der Waals surface area contributed by atoms with Crippen LogP contribution in [-0.2, 0) is 10.2 Å². The highest BCUT2D eigenvalue weighted by molar-refractivity contribution is 7.86. The second kappa shape index (κ2) is 7.40. The van der Waals surface area contributed by atoms with Crippen LogP contribution in [0.3, 0.4) is 0 Å². The molecule has 0 aromatic carbocycles. The van der Waals surface area contributed by atoms with Crippen molar-refractivity contribution < 1.29 is 8.42 Å². The van der Waals surface area contributed by atoms with Crippen LogP contribution >= 0.6 is 0 Å². The molecule has 2 atom stereocenters. The predicted octanol–water partition coefficient (Wildman–Crippen LogP) is 1.82. The van der Waals surface area contributed by atoms with Gasteiger partial charge in [0, 0.05) is 32.7 Å². The van der Waals surface area contributed by atoms with Gasteiger partial charge in [0.05, 0.1) is 0 Å². The van der Waals surface area contributed by atoms with E-state index in [-0.39, 0.29) is 6.04 Å². The van der Waals surface area contributed by atoms with Crippen LogP contribution in [0.5, 0.6) is 0 Å². The predicted molar refractivity (Wildman–Crippen MR) is 86.4 cm³/mol. The molecule has 0 bridgehead atoms. The van der Waals surface area contributed by atoms with E-state index in [0.29, 0.717) is 18.5 Å². The van der Waals surface area contributed by atoms with Crippen molar-refractivity contribution in [2.75, 3.05) is 27.2 Å². The molecule has 0 aromatic heterocycles. The largest absolute Gasteiger partial charge is 0.314 e. The molecule has 6 heteroatoms. The molecule has 2 aliphatic carbocycles. The average Bonchev–Trinajstić information content (AvgIpc) is 3.26. The number of nitrogens with zero attached hydrogens (tertiary/aromatic N) is 2. The molecule has 0 spiro atoms. The van der Waals surface area contributed by atoms with Gasteiger partial charge in [0.1, 0.15) is 0 Å². The van der Waals surface area contributed by atoms with E-state index >= 15 is 0 Å². The first-order chi connectivity index (χ1) is 9.91. The highest BCUT2D eigenvalue weighted by Crippen LogP contribution is 2.28. The Hall–Kier alpha value is -0.170. The number of hydrogen-bond acceptors (Lipinski definition) is 3. The first kappa shape index (κ1) is 17.2. The van der Waals surface area contributed by atoms with Crippen LogP contribution in [0.2, 0.25) is 0 Å². The normalized spacial score (nSPS) is 27.5. The van der Waals surface area contributed by atoms with Gasteiger partial charge < -0.3 is 5.32 Å². The summed E-state index contributed by atoms with van der Waals surface area (Å²) in [6.07, 6.45) is 7.78. The Bertz CT molecular complexity index is 423. The van der Waals surface area contributed by atoms with E-state index < -0.39 is 10.2 Å². The lowest BCUT2D eigenvalue weighted by Crippen LogP contribution is -2.46. The molecule has 0 saturated heterocycles. The van der Waals surface area contributed by atoms with Crippen LogP contribution in [0.1, 0.15) is 51.9 Å². The first-order valence-corrected chi connectivity index (χ1v) is 9.73. The SMILES string of the molecule is CC1CCCC(N(C)S(=O)(=O)N(C)CCCNC2CC2)C1. The third-order valence-corrected chi connectivity index (χ3v) is 6.84. The topological polar surface area (TPSA) is 52.7 Å². The standard InChI is InChI=1S/C15H31N3O2S/c1-13-6-4-7-15(12-13)18(3)21(19,20)17(2)11-5-10-16-14-8-9-14/h13-16H,4-12H2,1-3H3. The van der Waals surface area contributed by atoms with Crippen molar-refractivity contribution in [3.8, 4) is 0 Å². The van der Waals surface area contributed by atoms with Crippen molar-refractivity contribution >= 4 is 10.2 Å². The Morgan fingerprint density at radius 3 is 2.48 bits per heavy atom. The maximum Gasteiger partial charge on any atom is 0.281 e. The minimum atomic E-state index is -3.31. The van der Waals surface area contributed by atoms with E-state index in [1.807, 2.05) is 0 Å². The summed E-state index contributed by atoms with van der Waals surface area (Å²) in [4.78, 5) is 0. The minimum Gasteiger partial charge on any atom is -0.314 e. The Kier molecular flexibility index (Phi) is 6.05. The molecule has 124 valence electrons. The van der Waals surface area contributed by atoms with Crippen LogP contribution in [0.15, 0.2) is 0 Å². The monoisotopic (exact) mass is 317 g/mol. The Morgan fingerprint density at radius 2 is 1.86 bits per heavy atom. The molecule has 2 rings (SSSR count). The van der Waals surface area contributed by atoms with E-state index in [0.717, 1.165) is 32.2 Å². The zero-order valence-electron chi connectivity index (χ0n) is 13.7. The molecule has 2 unspecified atom stereocenters. The molecule has 0 amide bonds. The van der Waals surface area contributed by atoms with Gasteiger partial charge in [-0.25, -0.2) is 0 Å². The lowest BCUT2D eigenvalue weighted by atomic mass is 9.87. The van der Waals surface area contributed by atoms with Crippen LogP contribution in [0.25, 0.3) is 0 Å². The summed E-state index contributed by atoms with van der Waals surface area (Å²) in [7, 11) is 0.142. The minimum absolute atomic E-state index is 0.172. The molecular weight excluding hydrogens is 286 g/mol. The molecule has 0 radical (unpaired) electrons. The number of hydrogen-bond donors (Lipinski definition) is 1. The zero-order chi connectivity index (χ0) is 15.5. The third kappa shape index (κ3) is 4.91. The highest BCUT2D eigenvalue weighted by Gasteiger charge is 2.32. The van der Waals surface area contributed by atoms with Gasteiger partial charge in [-0.3, -0.25) is 0 Å². The fourth-order valence-corrected chi connectivity index (χ4v) is 4.52. The highest BCUT2D eigenvalue weighted by atomic mass is 32.2. The van der Waals surface area contributed by atoms with Crippen LogP contribution in [0, 0.1) is 5.92 Å². The van der Waals surface area contributed by atoms with Gasteiger partial charge in [-0.15, -0.1) is 0 Å². The molecule has 1 N–H and O–H groups in total. The molecule has 0 aliphatic heterocycles. The second-order valence-electron chi connectivity index (χ2n) is 6.85. The van der Waals surface area contributed by atoms with Gasteiger partial charge in [-0.2, -0.15) is 17.0 Å². The molecule has 2 aliphatic rings. The number of nitrogens with one attached hydrogen (secondary N) is 1. The van der Waals surface area contributed by atoms with Crippen molar-refractivity contribution in [1.29, 1.82) is 0 Å². The van der Waals surface area contributed by atoms with Crippen molar-refractivity contribution in [2.24, 2.45) is 5.92 Å². The molecule has 2 saturated carbocycles. The van der Waals surface area contributed by atoms with Crippen molar-refractivity contribution in [1.82, 2.24) is 13.9 Å². The summed E-state index contributed by atoms with van der Waals surface area (Å²) in [5.74, 6) is 0.634. The molecular formula is C15H31N3O2S. The Labute approximate surface area is 130 Å². The van der Waals surface area contributed by atoms with Crippen LogP contribution in [-0.4, -0.2) is 56.3 Å². The van der Waals surface area contributed by atoms with Crippen LogP contribution < -0.4 is 5.32 Å². The van der Waals surface area contributed by atoms with E-state index in [4.69, 9.17) is 0 Å². The fourth-order valence-electron chi connectivity index (χ4n) is 3.15. The average molecular weight is 317 g/mol. The fraction of sp³-hybridized carbons (Fsp3) is 1.00. The first-order valence-electron chi connectivity index (χ1n) is 8.34. The van der Waals surface area contributed by atoms with Gasteiger partial charge >= 0.3 is 0 Å². The second-order valence-corrected chi connectivity index (χ2v) is 8.95. The molecule has 2 fully saturated rings. The van der Waals surface area contributed by atoms with Crippen molar-refractivity contribution in [3.63, 3.8) is 0 Å². The summed E-state index contributed by atoms with van der Waals surface area (Å²) in [6, 6.07) is 0.865. The molecule has 0 aromatic rings. The van der Waals surface area contributed by atoms with Crippen LogP contribution in [0.4, 0.5) is 0 Å². The smallest absolute Gasteiger partial charge is 0.281 e. The van der Waals surface area contributed by atoms with Gasteiger partial charge in [0.2, 0.25) is 0 Å². The van der Waals surface area contributed by atoms with Gasteiger partial charge in [-0.05, 0) is 44.6 Å². The summed E-state index contributed by atoms with van der Waals surface area (Å²) in [5, 5.41) is 3.43. The van der Waals surface area contributed by atoms with Gasteiger partial charge in [-0.1, -0.05) is 19.8 Å². The zero-order valence-corrected chi connectivity index (χ0v) is 14.5. The Morgan fingerprint density at radius 1 is 1.14 bits per heavy atom. The lowest BCUT2D eigenvalue weighted by molar-refractivity contribution is 0.228. The summed E-state index contributed by atoms with van der Waals surface area (Å²) in [6.45, 7) is 3.73. The van der Waals surface area contributed by atoms with E-state index in [2.05, 4.69) is 12.2 Å². The molecule has 5 nitrogen and oxygen atoms in total.